The van der Waals surface area contributed by atoms with Gasteiger partial charge >= 0.3 is 0 Å². The van der Waals surface area contributed by atoms with E-state index < -0.39 is 26.4 Å². The molecule has 2 aromatic carbocycles. The van der Waals surface area contributed by atoms with E-state index in [1.165, 1.54) is 0 Å². The molecule has 9 nitrogen and oxygen atoms in total. The molecule has 0 atom stereocenters. The predicted octanol–water partition coefficient (Wildman–Crippen LogP) is 1.81. The van der Waals surface area contributed by atoms with E-state index in [9.17, 15) is 23.3 Å². The fourth-order valence-corrected chi connectivity index (χ4v) is 3.32. The Kier molecular flexibility index (Phi) is 4.66. The summed E-state index contributed by atoms with van der Waals surface area (Å²) in [4.78, 5) is 26.9. The number of hydrogen-bond donors (Lipinski definition) is 1. The number of para-hydroxylation sites is 2. The largest absolute Gasteiger partial charge is 0.345 e. The molecule has 0 saturated carbocycles. The third-order valence-electron chi connectivity index (χ3n) is 4.08. The number of aromatic nitrogens is 2. The number of imidazole rings is 1. The average Bonchev–Trinajstić information content (AvgIpc) is 2.94. The number of carbonyl (C=O) groups is 1. The Bertz CT molecular complexity index is 1170. The molecular weight excluding hydrogens is 372 g/mol. The van der Waals surface area contributed by atoms with Gasteiger partial charge in [-0.25, -0.2) is 13.4 Å². The maximum atomic E-state index is 12.4. The van der Waals surface area contributed by atoms with Crippen LogP contribution < -0.4 is 5.32 Å². The number of sulfone groups is 1. The molecule has 3 rings (SSSR count). The standard InChI is InChI=1S/C17H16N4O5S/c1-20-15-6-4-3-5-14(15)19-16(20)10-18-17(22)11-7-12(21(23)24)9-13(8-11)27(2,25)26/h3-9H,10H2,1-2H3,(H,18,22). The molecule has 0 saturated heterocycles. The molecule has 0 unspecified atom stereocenters. The summed E-state index contributed by atoms with van der Waals surface area (Å²) in [6.45, 7) is 0.0842. The highest BCUT2D eigenvalue weighted by atomic mass is 32.2. The molecule has 0 aliphatic heterocycles. The van der Waals surface area contributed by atoms with Crippen molar-refractivity contribution >= 4 is 32.5 Å². The molecule has 27 heavy (non-hydrogen) atoms. The van der Waals surface area contributed by atoms with E-state index in [1.54, 1.807) is 0 Å². The number of hydrogen-bond acceptors (Lipinski definition) is 6. The fraction of sp³-hybridized carbons (Fsp3) is 0.176. The van der Waals surface area contributed by atoms with Crippen LogP contribution in [-0.4, -0.2) is 35.1 Å². The van der Waals surface area contributed by atoms with Crippen molar-refractivity contribution in [1.29, 1.82) is 0 Å². The van der Waals surface area contributed by atoms with Gasteiger partial charge < -0.3 is 9.88 Å². The molecule has 1 N–H and O–H groups in total. The average molecular weight is 388 g/mol. The number of nitrogens with one attached hydrogen (secondary N) is 1. The van der Waals surface area contributed by atoms with Crippen LogP contribution in [0.4, 0.5) is 5.69 Å². The molecule has 1 aromatic heterocycles. The summed E-state index contributed by atoms with van der Waals surface area (Å²) in [5.74, 6) is -0.0334. The fourth-order valence-electron chi connectivity index (χ4n) is 2.65. The molecule has 1 amide bonds. The molecule has 0 bridgehead atoms. The number of aryl methyl sites for hydroxylation is 1. The molecule has 0 fully saturated rings. The lowest BCUT2D eigenvalue weighted by atomic mass is 10.2. The zero-order valence-electron chi connectivity index (χ0n) is 14.5. The third kappa shape index (κ3) is 3.80. The molecule has 1 heterocycles. The van der Waals surface area contributed by atoms with E-state index in [0.717, 1.165) is 35.5 Å². The molecule has 0 aliphatic carbocycles. The number of non-ortho nitro benzene ring substituents is 1. The van der Waals surface area contributed by atoms with Gasteiger partial charge in [-0.3, -0.25) is 14.9 Å². The zero-order chi connectivity index (χ0) is 19.8. The molecule has 10 heteroatoms. The first kappa shape index (κ1) is 18.5. The van der Waals surface area contributed by atoms with Gasteiger partial charge in [0.1, 0.15) is 5.82 Å². The second kappa shape index (κ2) is 6.80. The molecular formula is C17H16N4O5S. The molecule has 0 radical (unpaired) electrons. The lowest BCUT2D eigenvalue weighted by molar-refractivity contribution is -0.385. The van der Waals surface area contributed by atoms with Gasteiger partial charge in [0.25, 0.3) is 11.6 Å². The maximum absolute atomic E-state index is 12.4. The highest BCUT2D eigenvalue weighted by Crippen LogP contribution is 2.21. The van der Waals surface area contributed by atoms with Crippen molar-refractivity contribution in [2.24, 2.45) is 7.05 Å². The molecule has 140 valence electrons. The minimum atomic E-state index is -3.71. The van der Waals surface area contributed by atoms with E-state index in [1.807, 2.05) is 35.9 Å². The smallest absolute Gasteiger partial charge is 0.271 e. The maximum Gasteiger partial charge on any atom is 0.271 e. The van der Waals surface area contributed by atoms with Crippen LogP contribution in [0.5, 0.6) is 0 Å². The first-order chi connectivity index (χ1) is 12.7. The summed E-state index contributed by atoms with van der Waals surface area (Å²) in [7, 11) is -1.90. The second-order valence-corrected chi connectivity index (χ2v) is 8.02. The molecule has 3 aromatic rings. The van der Waals surface area contributed by atoms with E-state index in [0.29, 0.717) is 5.82 Å². The van der Waals surface area contributed by atoms with Crippen molar-refractivity contribution in [3.8, 4) is 0 Å². The van der Waals surface area contributed by atoms with E-state index in [4.69, 9.17) is 0 Å². The minimum absolute atomic E-state index is 0.0842. The van der Waals surface area contributed by atoms with Crippen LogP contribution in [0.15, 0.2) is 47.4 Å². The lowest BCUT2D eigenvalue weighted by Crippen LogP contribution is -2.24. The van der Waals surface area contributed by atoms with Crippen LogP contribution in [-0.2, 0) is 23.4 Å². The van der Waals surface area contributed by atoms with Crippen molar-refractivity contribution in [2.75, 3.05) is 6.26 Å². The van der Waals surface area contributed by atoms with Gasteiger partial charge in [-0.2, -0.15) is 0 Å². The Morgan fingerprint density at radius 1 is 1.26 bits per heavy atom. The molecule has 0 aliphatic rings. The zero-order valence-corrected chi connectivity index (χ0v) is 15.4. The Morgan fingerprint density at radius 2 is 1.96 bits per heavy atom. The van der Waals surface area contributed by atoms with Crippen LogP contribution in [0.3, 0.4) is 0 Å². The summed E-state index contributed by atoms with van der Waals surface area (Å²) < 4.78 is 25.3. The molecule has 0 spiro atoms. The summed E-state index contributed by atoms with van der Waals surface area (Å²) in [5.41, 5.74) is 1.10. The van der Waals surface area contributed by atoms with Crippen LogP contribution in [0.2, 0.25) is 0 Å². The highest BCUT2D eigenvalue weighted by molar-refractivity contribution is 7.90. The van der Waals surface area contributed by atoms with Gasteiger partial charge in [0.15, 0.2) is 9.84 Å². The lowest BCUT2D eigenvalue weighted by Gasteiger charge is -2.07. The van der Waals surface area contributed by atoms with Crippen LogP contribution in [0.1, 0.15) is 16.2 Å². The van der Waals surface area contributed by atoms with Crippen LogP contribution in [0.25, 0.3) is 11.0 Å². The monoisotopic (exact) mass is 388 g/mol. The number of carbonyl (C=O) groups excluding carboxylic acids is 1. The first-order valence-electron chi connectivity index (χ1n) is 7.85. The van der Waals surface area contributed by atoms with Gasteiger partial charge in [0.2, 0.25) is 0 Å². The first-order valence-corrected chi connectivity index (χ1v) is 9.74. The van der Waals surface area contributed by atoms with Crippen molar-refractivity contribution in [2.45, 2.75) is 11.4 Å². The minimum Gasteiger partial charge on any atom is -0.345 e. The SMILES string of the molecule is Cn1c(CNC(=O)c2cc([N+](=O)[O-])cc(S(C)(=O)=O)c2)nc2ccccc21. The van der Waals surface area contributed by atoms with Gasteiger partial charge in [-0.1, -0.05) is 12.1 Å². The van der Waals surface area contributed by atoms with Crippen molar-refractivity contribution in [3.63, 3.8) is 0 Å². The Morgan fingerprint density at radius 3 is 2.59 bits per heavy atom. The number of benzene rings is 2. The highest BCUT2D eigenvalue weighted by Gasteiger charge is 2.19. The summed E-state index contributed by atoms with van der Waals surface area (Å²) in [5, 5.41) is 13.7. The number of nitro benzene ring substituents is 1. The summed E-state index contributed by atoms with van der Waals surface area (Å²) in [6.07, 6.45) is 0.924. The van der Waals surface area contributed by atoms with E-state index in [2.05, 4.69) is 10.3 Å². The summed E-state index contributed by atoms with van der Waals surface area (Å²) in [6, 6.07) is 10.6. The Hall–Kier alpha value is -3.27. The second-order valence-electron chi connectivity index (χ2n) is 6.00. The van der Waals surface area contributed by atoms with Gasteiger partial charge in [0, 0.05) is 31.0 Å². The Balaban J connectivity index is 1.88. The van der Waals surface area contributed by atoms with Crippen molar-refractivity contribution < 1.29 is 18.1 Å². The van der Waals surface area contributed by atoms with Gasteiger partial charge in [0.05, 0.1) is 27.4 Å². The van der Waals surface area contributed by atoms with Crippen molar-refractivity contribution in [3.05, 3.63) is 64.0 Å². The van der Waals surface area contributed by atoms with Crippen molar-refractivity contribution in [1.82, 2.24) is 14.9 Å². The Labute approximate surface area is 154 Å². The number of fused-ring (bicyclic) bond motifs is 1. The van der Waals surface area contributed by atoms with Crippen LogP contribution >= 0.6 is 0 Å². The van der Waals surface area contributed by atoms with Crippen LogP contribution in [0, 0.1) is 10.1 Å². The number of rotatable bonds is 5. The third-order valence-corrected chi connectivity index (χ3v) is 5.17. The van der Waals surface area contributed by atoms with Gasteiger partial charge in [-0.15, -0.1) is 0 Å². The number of nitrogens with zero attached hydrogens (tertiary/aromatic N) is 3. The topological polar surface area (TPSA) is 124 Å². The normalized spacial score (nSPS) is 11.5. The van der Waals surface area contributed by atoms with Gasteiger partial charge in [-0.05, 0) is 18.2 Å². The van der Waals surface area contributed by atoms with E-state index in [-0.39, 0.29) is 17.0 Å². The summed E-state index contributed by atoms with van der Waals surface area (Å²) >= 11 is 0. The number of amides is 1. The predicted molar refractivity (Wildman–Crippen MR) is 98.1 cm³/mol. The van der Waals surface area contributed by atoms with E-state index >= 15 is 0 Å². The number of nitro groups is 1. The quantitative estimate of drug-likeness (QED) is 0.525.